The molecule has 0 saturated carbocycles. The van der Waals surface area contributed by atoms with Gasteiger partial charge in [0.05, 0.1) is 5.60 Å². The van der Waals surface area contributed by atoms with Gasteiger partial charge in [0.25, 0.3) is 5.91 Å². The predicted molar refractivity (Wildman–Crippen MR) is 80.7 cm³/mol. The number of nitrogens with zero attached hydrogens (tertiary/aromatic N) is 1. The third kappa shape index (κ3) is 5.32. The van der Waals surface area contributed by atoms with Crippen molar-refractivity contribution in [2.24, 2.45) is 0 Å². The zero-order chi connectivity index (χ0) is 13.8. The van der Waals surface area contributed by atoms with Gasteiger partial charge in [0.2, 0.25) is 0 Å². The molecule has 1 aromatic carbocycles. The number of hydrogen-bond acceptors (Lipinski definition) is 3. The van der Waals surface area contributed by atoms with Crippen LogP contribution in [0.25, 0.3) is 0 Å². The van der Waals surface area contributed by atoms with Crippen LogP contribution in [0, 0.1) is 3.57 Å². The molecule has 4 nitrogen and oxygen atoms in total. The second-order valence-corrected chi connectivity index (χ2v) is 6.17. The van der Waals surface area contributed by atoms with E-state index in [0.29, 0.717) is 12.1 Å². The number of likely N-dealkylation sites (N-methyl/N-ethyl adjacent to an activating group) is 1. The van der Waals surface area contributed by atoms with E-state index in [1.165, 1.54) is 0 Å². The first-order valence-corrected chi connectivity index (χ1v) is 6.79. The number of halogens is 1. The van der Waals surface area contributed by atoms with Crippen LogP contribution in [0.1, 0.15) is 17.3 Å². The summed E-state index contributed by atoms with van der Waals surface area (Å²) in [6.07, 6.45) is 0. The van der Waals surface area contributed by atoms with E-state index < -0.39 is 5.60 Å². The SMILES string of the molecule is CN(C)CC(C)(O)CNC(=O)c1ccc(I)cc1. The summed E-state index contributed by atoms with van der Waals surface area (Å²) in [5.74, 6) is -0.162. The van der Waals surface area contributed by atoms with Gasteiger partial charge in [-0.05, 0) is 67.9 Å². The fraction of sp³-hybridized carbons (Fsp3) is 0.462. The maximum atomic E-state index is 11.9. The maximum absolute atomic E-state index is 11.9. The van der Waals surface area contributed by atoms with Gasteiger partial charge < -0.3 is 15.3 Å². The number of aliphatic hydroxyl groups is 1. The Morgan fingerprint density at radius 2 is 1.94 bits per heavy atom. The van der Waals surface area contributed by atoms with Crippen molar-refractivity contribution >= 4 is 28.5 Å². The van der Waals surface area contributed by atoms with Crippen LogP contribution in [0.2, 0.25) is 0 Å². The standard InChI is InChI=1S/C13H19IN2O2/c1-13(18,9-16(2)3)8-15-12(17)10-4-6-11(14)7-5-10/h4-7,18H,8-9H2,1-3H3,(H,15,17). The minimum absolute atomic E-state index is 0.162. The van der Waals surface area contributed by atoms with E-state index in [0.717, 1.165) is 3.57 Å². The van der Waals surface area contributed by atoms with Crippen molar-refractivity contribution in [1.29, 1.82) is 0 Å². The normalized spacial score (nSPS) is 14.3. The van der Waals surface area contributed by atoms with Crippen molar-refractivity contribution in [1.82, 2.24) is 10.2 Å². The Bertz CT molecular complexity index is 402. The average molecular weight is 362 g/mol. The second-order valence-electron chi connectivity index (χ2n) is 4.92. The smallest absolute Gasteiger partial charge is 0.251 e. The molecular formula is C13H19IN2O2. The summed E-state index contributed by atoms with van der Waals surface area (Å²) in [5.41, 5.74) is -0.321. The molecule has 2 N–H and O–H groups in total. The van der Waals surface area contributed by atoms with Gasteiger partial charge >= 0.3 is 0 Å². The number of benzene rings is 1. The van der Waals surface area contributed by atoms with E-state index >= 15 is 0 Å². The fourth-order valence-electron chi connectivity index (χ4n) is 1.71. The van der Waals surface area contributed by atoms with Crippen molar-refractivity contribution in [3.05, 3.63) is 33.4 Å². The van der Waals surface area contributed by atoms with Gasteiger partial charge in [-0.15, -0.1) is 0 Å². The van der Waals surface area contributed by atoms with Crippen LogP contribution in [0.5, 0.6) is 0 Å². The molecule has 1 aromatic rings. The van der Waals surface area contributed by atoms with E-state index in [9.17, 15) is 9.90 Å². The lowest BCUT2D eigenvalue weighted by molar-refractivity contribution is 0.0326. The zero-order valence-corrected chi connectivity index (χ0v) is 13.1. The van der Waals surface area contributed by atoms with Crippen molar-refractivity contribution in [2.45, 2.75) is 12.5 Å². The molecule has 1 rings (SSSR count). The molecule has 0 fully saturated rings. The number of amides is 1. The summed E-state index contributed by atoms with van der Waals surface area (Å²) < 4.78 is 1.09. The van der Waals surface area contributed by atoms with Crippen LogP contribution in [0.15, 0.2) is 24.3 Å². The third-order valence-corrected chi connectivity index (χ3v) is 3.11. The number of hydrogen-bond donors (Lipinski definition) is 2. The van der Waals surface area contributed by atoms with E-state index in [2.05, 4.69) is 27.9 Å². The Morgan fingerprint density at radius 1 is 1.39 bits per heavy atom. The molecule has 5 heteroatoms. The van der Waals surface area contributed by atoms with Crippen molar-refractivity contribution in [2.75, 3.05) is 27.2 Å². The summed E-state index contributed by atoms with van der Waals surface area (Å²) in [6.45, 7) is 2.44. The van der Waals surface area contributed by atoms with E-state index in [1.807, 2.05) is 31.1 Å². The van der Waals surface area contributed by atoms with Gasteiger partial charge in [0, 0.05) is 22.2 Å². The average Bonchev–Trinajstić information content (AvgIpc) is 2.25. The molecule has 18 heavy (non-hydrogen) atoms. The molecule has 1 atom stereocenters. The fourth-order valence-corrected chi connectivity index (χ4v) is 2.07. The minimum Gasteiger partial charge on any atom is -0.387 e. The summed E-state index contributed by atoms with van der Waals surface area (Å²) in [5, 5.41) is 12.8. The summed E-state index contributed by atoms with van der Waals surface area (Å²) in [7, 11) is 3.77. The molecule has 0 aliphatic rings. The Kier molecular flexibility index (Phi) is 5.55. The molecule has 1 amide bonds. The molecule has 0 bridgehead atoms. The van der Waals surface area contributed by atoms with Gasteiger partial charge in [-0.25, -0.2) is 0 Å². The highest BCUT2D eigenvalue weighted by molar-refractivity contribution is 14.1. The van der Waals surface area contributed by atoms with Gasteiger partial charge in [0.15, 0.2) is 0 Å². The Labute approximate surface area is 122 Å². The highest BCUT2D eigenvalue weighted by Crippen LogP contribution is 2.07. The van der Waals surface area contributed by atoms with E-state index in [1.54, 1.807) is 19.1 Å². The van der Waals surface area contributed by atoms with Crippen LogP contribution in [-0.4, -0.2) is 48.7 Å². The van der Waals surface area contributed by atoms with Crippen molar-refractivity contribution in [3.8, 4) is 0 Å². The lowest BCUT2D eigenvalue weighted by Gasteiger charge is -2.27. The van der Waals surface area contributed by atoms with Crippen LogP contribution < -0.4 is 5.32 Å². The molecule has 0 spiro atoms. The first kappa shape index (κ1) is 15.4. The quantitative estimate of drug-likeness (QED) is 0.778. The minimum atomic E-state index is -0.928. The largest absolute Gasteiger partial charge is 0.387 e. The Hall–Kier alpha value is -0.660. The molecule has 0 aliphatic heterocycles. The molecule has 0 saturated heterocycles. The van der Waals surface area contributed by atoms with Crippen molar-refractivity contribution < 1.29 is 9.90 Å². The van der Waals surface area contributed by atoms with Crippen LogP contribution in [-0.2, 0) is 0 Å². The number of nitrogens with one attached hydrogen (secondary N) is 1. The van der Waals surface area contributed by atoms with Crippen LogP contribution >= 0.6 is 22.6 Å². The zero-order valence-electron chi connectivity index (χ0n) is 10.9. The molecule has 0 aromatic heterocycles. The number of carbonyl (C=O) groups excluding carboxylic acids is 1. The monoisotopic (exact) mass is 362 g/mol. The highest BCUT2D eigenvalue weighted by Gasteiger charge is 2.22. The predicted octanol–water partition coefficient (Wildman–Crippen LogP) is 1.33. The van der Waals surface area contributed by atoms with Gasteiger partial charge in [-0.3, -0.25) is 4.79 Å². The molecule has 0 radical (unpaired) electrons. The Morgan fingerprint density at radius 3 is 2.44 bits per heavy atom. The van der Waals surface area contributed by atoms with Gasteiger partial charge in [-0.2, -0.15) is 0 Å². The second kappa shape index (κ2) is 6.49. The first-order valence-electron chi connectivity index (χ1n) is 5.71. The highest BCUT2D eigenvalue weighted by atomic mass is 127. The number of rotatable bonds is 5. The number of carbonyl (C=O) groups is 1. The van der Waals surface area contributed by atoms with Gasteiger partial charge in [-0.1, -0.05) is 0 Å². The molecular weight excluding hydrogens is 343 g/mol. The molecule has 100 valence electrons. The topological polar surface area (TPSA) is 52.6 Å². The first-order chi connectivity index (χ1) is 8.30. The lowest BCUT2D eigenvalue weighted by atomic mass is 10.1. The summed E-state index contributed by atoms with van der Waals surface area (Å²) >= 11 is 2.19. The Balaban J connectivity index is 2.53. The van der Waals surface area contributed by atoms with Gasteiger partial charge in [0.1, 0.15) is 0 Å². The maximum Gasteiger partial charge on any atom is 0.251 e. The summed E-state index contributed by atoms with van der Waals surface area (Å²) in [6, 6.07) is 7.32. The molecule has 1 unspecified atom stereocenters. The van der Waals surface area contributed by atoms with E-state index in [-0.39, 0.29) is 12.5 Å². The van der Waals surface area contributed by atoms with Crippen LogP contribution in [0.3, 0.4) is 0 Å². The van der Waals surface area contributed by atoms with E-state index in [4.69, 9.17) is 0 Å². The van der Waals surface area contributed by atoms with Crippen LogP contribution in [0.4, 0.5) is 0 Å². The molecule has 0 heterocycles. The summed E-state index contributed by atoms with van der Waals surface area (Å²) in [4.78, 5) is 13.7. The molecule has 0 aliphatic carbocycles. The van der Waals surface area contributed by atoms with Crippen molar-refractivity contribution in [3.63, 3.8) is 0 Å². The lowest BCUT2D eigenvalue weighted by Crippen LogP contribution is -2.47. The third-order valence-electron chi connectivity index (χ3n) is 2.39.